The fourth-order valence-electron chi connectivity index (χ4n) is 1.71. The highest BCUT2D eigenvalue weighted by atomic mass is 32.2. The van der Waals surface area contributed by atoms with Crippen LogP contribution in [0.4, 0.5) is 0 Å². The van der Waals surface area contributed by atoms with Crippen molar-refractivity contribution in [3.63, 3.8) is 0 Å². The number of unbranched alkanes of at least 4 members (excludes halogenated alkanes) is 1. The van der Waals surface area contributed by atoms with E-state index in [0.29, 0.717) is 18.1 Å². The lowest BCUT2D eigenvalue weighted by molar-refractivity contribution is 0.309. The lowest BCUT2D eigenvalue weighted by Crippen LogP contribution is -2.22. The zero-order chi connectivity index (χ0) is 15.1. The Hall–Kier alpha value is -1.79. The van der Waals surface area contributed by atoms with Crippen LogP contribution < -0.4 is 9.46 Å². The van der Waals surface area contributed by atoms with Crippen molar-refractivity contribution in [3.05, 3.63) is 48.4 Å². The Kier molecular flexibility index (Phi) is 5.41. The maximum Gasteiger partial charge on any atom is 0.240 e. The highest BCUT2D eigenvalue weighted by molar-refractivity contribution is 7.89. The van der Waals surface area contributed by atoms with E-state index in [4.69, 9.17) is 9.15 Å². The van der Waals surface area contributed by atoms with Gasteiger partial charge in [0.05, 0.1) is 24.3 Å². The van der Waals surface area contributed by atoms with E-state index in [1.165, 1.54) is 18.4 Å². The average Bonchev–Trinajstić information content (AvgIpc) is 3.00. The Bertz CT molecular complexity index is 633. The average molecular weight is 309 g/mol. The number of benzene rings is 1. The first-order chi connectivity index (χ1) is 10.1. The van der Waals surface area contributed by atoms with Crippen LogP contribution in [-0.4, -0.2) is 15.0 Å². The molecule has 2 aromatic rings. The molecule has 1 aromatic carbocycles. The van der Waals surface area contributed by atoms with Gasteiger partial charge in [-0.25, -0.2) is 13.1 Å². The summed E-state index contributed by atoms with van der Waals surface area (Å²) in [6.45, 7) is 2.85. The van der Waals surface area contributed by atoms with Gasteiger partial charge < -0.3 is 9.15 Å². The number of rotatable bonds is 8. The number of ether oxygens (including phenoxy) is 1. The lowest BCUT2D eigenvalue weighted by atomic mass is 10.3. The molecule has 0 amide bonds. The molecule has 0 unspecified atom stereocenters. The van der Waals surface area contributed by atoms with Crippen LogP contribution in [0.25, 0.3) is 0 Å². The van der Waals surface area contributed by atoms with E-state index in [-0.39, 0.29) is 11.4 Å². The molecule has 0 aliphatic carbocycles. The molecule has 0 fully saturated rings. The van der Waals surface area contributed by atoms with Gasteiger partial charge in [-0.05, 0) is 42.8 Å². The quantitative estimate of drug-likeness (QED) is 0.761. The van der Waals surface area contributed by atoms with Crippen molar-refractivity contribution in [2.75, 3.05) is 6.61 Å². The van der Waals surface area contributed by atoms with Crippen molar-refractivity contribution in [1.82, 2.24) is 4.72 Å². The Morgan fingerprint density at radius 3 is 2.57 bits per heavy atom. The van der Waals surface area contributed by atoms with Crippen molar-refractivity contribution < 1.29 is 17.6 Å². The minimum atomic E-state index is -3.54. The van der Waals surface area contributed by atoms with Gasteiger partial charge in [0.2, 0.25) is 10.0 Å². The first-order valence-corrected chi connectivity index (χ1v) is 8.35. The molecule has 21 heavy (non-hydrogen) atoms. The molecule has 0 radical (unpaired) electrons. The molecule has 0 spiro atoms. The van der Waals surface area contributed by atoms with Gasteiger partial charge in [-0.2, -0.15) is 0 Å². The van der Waals surface area contributed by atoms with Crippen LogP contribution in [0.1, 0.15) is 25.5 Å². The predicted molar refractivity (Wildman–Crippen MR) is 79.6 cm³/mol. The van der Waals surface area contributed by atoms with Crippen molar-refractivity contribution in [3.8, 4) is 5.75 Å². The molecule has 1 N–H and O–H groups in total. The summed E-state index contributed by atoms with van der Waals surface area (Å²) in [5.41, 5.74) is 0. The molecule has 0 saturated carbocycles. The summed E-state index contributed by atoms with van der Waals surface area (Å²) in [5, 5.41) is 0. The van der Waals surface area contributed by atoms with Gasteiger partial charge in [-0.3, -0.25) is 0 Å². The zero-order valence-electron chi connectivity index (χ0n) is 11.9. The first kappa shape index (κ1) is 15.6. The fraction of sp³-hybridized carbons (Fsp3) is 0.333. The van der Waals surface area contributed by atoms with Gasteiger partial charge in [-0.1, -0.05) is 13.3 Å². The minimum absolute atomic E-state index is 0.129. The summed E-state index contributed by atoms with van der Waals surface area (Å²) in [4.78, 5) is 0.205. The molecular formula is C15H19NO4S. The molecule has 114 valence electrons. The van der Waals surface area contributed by atoms with Gasteiger partial charge in [-0.15, -0.1) is 0 Å². The van der Waals surface area contributed by atoms with Gasteiger partial charge in [0.1, 0.15) is 11.5 Å². The second-order valence-electron chi connectivity index (χ2n) is 4.58. The summed E-state index contributed by atoms with van der Waals surface area (Å²) in [7, 11) is -3.54. The summed E-state index contributed by atoms with van der Waals surface area (Å²) in [5.74, 6) is 1.24. The van der Waals surface area contributed by atoms with Gasteiger partial charge >= 0.3 is 0 Å². The lowest BCUT2D eigenvalue weighted by Gasteiger charge is -2.08. The standard InChI is InChI=1S/C15H19NO4S/c1-2-3-10-19-13-6-8-15(9-7-13)21(17,18)16-12-14-5-4-11-20-14/h4-9,11,16H,2-3,10,12H2,1H3. The monoisotopic (exact) mass is 309 g/mol. The van der Waals surface area contributed by atoms with E-state index in [2.05, 4.69) is 11.6 Å². The van der Waals surface area contributed by atoms with Crippen LogP contribution in [-0.2, 0) is 16.6 Å². The van der Waals surface area contributed by atoms with Crippen molar-refractivity contribution >= 4 is 10.0 Å². The van der Waals surface area contributed by atoms with Crippen LogP contribution in [0.5, 0.6) is 5.75 Å². The topological polar surface area (TPSA) is 68.5 Å². The molecular weight excluding hydrogens is 290 g/mol. The zero-order valence-corrected chi connectivity index (χ0v) is 12.7. The van der Waals surface area contributed by atoms with Crippen LogP contribution in [0, 0.1) is 0 Å². The third-order valence-corrected chi connectivity index (χ3v) is 4.33. The van der Waals surface area contributed by atoms with Crippen molar-refractivity contribution in [2.24, 2.45) is 0 Å². The smallest absolute Gasteiger partial charge is 0.240 e. The molecule has 1 heterocycles. The molecule has 0 aliphatic rings. The Balaban J connectivity index is 1.96. The second kappa shape index (κ2) is 7.28. The van der Waals surface area contributed by atoms with E-state index < -0.39 is 10.0 Å². The normalized spacial score (nSPS) is 11.5. The molecule has 5 nitrogen and oxygen atoms in total. The first-order valence-electron chi connectivity index (χ1n) is 6.87. The third-order valence-electron chi connectivity index (χ3n) is 2.92. The van der Waals surface area contributed by atoms with E-state index in [1.807, 2.05) is 0 Å². The highest BCUT2D eigenvalue weighted by Gasteiger charge is 2.14. The Morgan fingerprint density at radius 2 is 1.95 bits per heavy atom. The molecule has 6 heteroatoms. The van der Waals surface area contributed by atoms with E-state index in [0.717, 1.165) is 12.8 Å². The second-order valence-corrected chi connectivity index (χ2v) is 6.34. The third kappa shape index (κ3) is 4.61. The minimum Gasteiger partial charge on any atom is -0.494 e. The Labute approximate surface area is 125 Å². The number of hydrogen-bond donors (Lipinski definition) is 1. The predicted octanol–water partition coefficient (Wildman–Crippen LogP) is 2.94. The molecule has 2 rings (SSSR count). The van der Waals surface area contributed by atoms with Crippen LogP contribution in [0.15, 0.2) is 52.0 Å². The Morgan fingerprint density at radius 1 is 1.19 bits per heavy atom. The van der Waals surface area contributed by atoms with Crippen LogP contribution in [0.3, 0.4) is 0 Å². The summed E-state index contributed by atoms with van der Waals surface area (Å²) < 4.78 is 37.3. The SMILES string of the molecule is CCCCOc1ccc(S(=O)(=O)NCc2ccco2)cc1. The number of sulfonamides is 1. The van der Waals surface area contributed by atoms with E-state index >= 15 is 0 Å². The fourth-order valence-corrected chi connectivity index (χ4v) is 2.71. The molecule has 0 saturated heterocycles. The molecule has 0 aliphatic heterocycles. The van der Waals surface area contributed by atoms with Gasteiger partial charge in [0, 0.05) is 0 Å². The van der Waals surface area contributed by atoms with Gasteiger partial charge in [0.15, 0.2) is 0 Å². The van der Waals surface area contributed by atoms with E-state index in [1.54, 1.807) is 24.3 Å². The number of hydrogen-bond acceptors (Lipinski definition) is 4. The highest BCUT2D eigenvalue weighted by Crippen LogP contribution is 2.16. The summed E-state index contributed by atoms with van der Waals surface area (Å²) in [6, 6.07) is 9.82. The largest absolute Gasteiger partial charge is 0.494 e. The van der Waals surface area contributed by atoms with Crippen LogP contribution in [0.2, 0.25) is 0 Å². The summed E-state index contributed by atoms with van der Waals surface area (Å²) >= 11 is 0. The molecule has 1 aromatic heterocycles. The summed E-state index contributed by atoms with van der Waals surface area (Å²) in [6.07, 6.45) is 3.54. The van der Waals surface area contributed by atoms with Crippen LogP contribution >= 0.6 is 0 Å². The number of nitrogens with one attached hydrogen (secondary N) is 1. The maximum atomic E-state index is 12.1. The van der Waals surface area contributed by atoms with Crippen molar-refractivity contribution in [2.45, 2.75) is 31.2 Å². The van der Waals surface area contributed by atoms with Crippen molar-refractivity contribution in [1.29, 1.82) is 0 Å². The van der Waals surface area contributed by atoms with Gasteiger partial charge in [0.25, 0.3) is 0 Å². The number of furan rings is 1. The molecule has 0 atom stereocenters. The maximum absolute atomic E-state index is 12.1. The molecule has 0 bridgehead atoms. The van der Waals surface area contributed by atoms with E-state index in [9.17, 15) is 8.42 Å².